The van der Waals surface area contributed by atoms with Crippen molar-refractivity contribution in [1.82, 2.24) is 9.19 Å². The number of nitrogen functional groups attached to an aromatic ring is 1. The van der Waals surface area contributed by atoms with E-state index in [4.69, 9.17) is 5.73 Å². The molecule has 0 saturated carbocycles. The van der Waals surface area contributed by atoms with Crippen molar-refractivity contribution in [1.29, 1.82) is 0 Å². The molecular formula is C14H14BrN3O2S. The van der Waals surface area contributed by atoms with E-state index in [1.807, 2.05) is 6.08 Å². The third-order valence-electron chi connectivity index (χ3n) is 3.62. The molecule has 3 rings (SSSR count). The molecule has 0 fully saturated rings. The van der Waals surface area contributed by atoms with Crippen LogP contribution in [-0.4, -0.2) is 22.4 Å². The SMILES string of the molecule is CC1(S(=O)(=O)n2ncc3cc(N)ccc32)C=CC=C(Br)C1. The number of halogens is 1. The average molecular weight is 368 g/mol. The second kappa shape index (κ2) is 4.71. The Morgan fingerprint density at radius 2 is 2.19 bits per heavy atom. The van der Waals surface area contributed by atoms with Crippen LogP contribution >= 0.6 is 15.9 Å². The molecule has 5 nitrogen and oxygen atoms in total. The molecule has 1 atom stereocenters. The van der Waals surface area contributed by atoms with Gasteiger partial charge < -0.3 is 5.73 Å². The molecule has 1 aliphatic rings. The number of aromatic nitrogens is 2. The molecule has 21 heavy (non-hydrogen) atoms. The van der Waals surface area contributed by atoms with Crippen molar-refractivity contribution in [3.8, 4) is 0 Å². The predicted molar refractivity (Wildman–Crippen MR) is 87.6 cm³/mol. The first-order valence-electron chi connectivity index (χ1n) is 6.36. The predicted octanol–water partition coefficient (Wildman–Crippen LogP) is 2.79. The molecule has 0 aliphatic heterocycles. The van der Waals surface area contributed by atoms with Gasteiger partial charge in [-0.25, -0.2) is 8.42 Å². The standard InChI is InChI=1S/C14H14BrN3O2S/c1-14(6-2-3-11(15)8-14)21(19,20)18-13-5-4-12(16)7-10(13)9-17-18/h2-7,9H,8,16H2,1H3. The second-order valence-corrected chi connectivity index (χ2v) is 8.52. The molecule has 1 heterocycles. The molecule has 0 radical (unpaired) electrons. The molecule has 1 aliphatic carbocycles. The van der Waals surface area contributed by atoms with Crippen molar-refractivity contribution >= 4 is 42.5 Å². The molecule has 0 bridgehead atoms. The van der Waals surface area contributed by atoms with Gasteiger partial charge in [0.15, 0.2) is 0 Å². The number of rotatable bonds is 2. The number of anilines is 1. The Morgan fingerprint density at radius 1 is 1.43 bits per heavy atom. The van der Waals surface area contributed by atoms with Gasteiger partial charge in [-0.3, -0.25) is 0 Å². The molecule has 0 spiro atoms. The van der Waals surface area contributed by atoms with Gasteiger partial charge in [-0.05, 0) is 29.6 Å². The van der Waals surface area contributed by atoms with Crippen molar-refractivity contribution in [3.63, 3.8) is 0 Å². The zero-order valence-electron chi connectivity index (χ0n) is 11.3. The fourth-order valence-electron chi connectivity index (χ4n) is 2.40. The molecular weight excluding hydrogens is 354 g/mol. The highest BCUT2D eigenvalue weighted by Crippen LogP contribution is 2.35. The van der Waals surface area contributed by atoms with Gasteiger partial charge in [0, 0.05) is 17.5 Å². The number of hydrogen-bond acceptors (Lipinski definition) is 4. The smallest absolute Gasteiger partial charge is 0.263 e. The number of benzene rings is 1. The lowest BCUT2D eigenvalue weighted by Crippen LogP contribution is -2.39. The van der Waals surface area contributed by atoms with Gasteiger partial charge in [-0.15, -0.1) is 0 Å². The van der Waals surface area contributed by atoms with E-state index in [2.05, 4.69) is 21.0 Å². The minimum Gasteiger partial charge on any atom is -0.399 e. The molecule has 1 aromatic heterocycles. The zero-order chi connectivity index (χ0) is 15.3. The van der Waals surface area contributed by atoms with Gasteiger partial charge in [0.2, 0.25) is 0 Å². The van der Waals surface area contributed by atoms with Crippen LogP contribution in [0.4, 0.5) is 5.69 Å². The summed E-state index contributed by atoms with van der Waals surface area (Å²) in [5.74, 6) is 0. The number of nitrogens with two attached hydrogens (primary N) is 1. The topological polar surface area (TPSA) is 78.0 Å². The summed E-state index contributed by atoms with van der Waals surface area (Å²) in [6.45, 7) is 1.69. The Bertz CT molecular complexity index is 883. The van der Waals surface area contributed by atoms with Crippen LogP contribution in [0.15, 0.2) is 47.1 Å². The molecule has 2 aromatic rings. The van der Waals surface area contributed by atoms with Crippen molar-refractivity contribution in [2.75, 3.05) is 5.73 Å². The maximum absolute atomic E-state index is 13.0. The summed E-state index contributed by atoms with van der Waals surface area (Å²) >= 11 is 3.38. The van der Waals surface area contributed by atoms with Gasteiger partial charge in [-0.1, -0.05) is 34.2 Å². The van der Waals surface area contributed by atoms with Crippen LogP contribution in [0.3, 0.4) is 0 Å². The van der Waals surface area contributed by atoms with E-state index < -0.39 is 14.8 Å². The number of allylic oxidation sites excluding steroid dienone is 3. The molecule has 1 unspecified atom stereocenters. The Hall–Kier alpha value is -1.60. The Morgan fingerprint density at radius 3 is 2.90 bits per heavy atom. The van der Waals surface area contributed by atoms with Crippen molar-refractivity contribution in [3.05, 3.63) is 47.1 Å². The summed E-state index contributed by atoms with van der Waals surface area (Å²) in [4.78, 5) is 0. The van der Waals surface area contributed by atoms with Crippen LogP contribution in [0.25, 0.3) is 10.9 Å². The van der Waals surface area contributed by atoms with Crippen LogP contribution in [0.5, 0.6) is 0 Å². The molecule has 0 amide bonds. The maximum Gasteiger partial charge on any atom is 0.263 e. The Labute approximate surface area is 131 Å². The van der Waals surface area contributed by atoms with Gasteiger partial charge in [0.1, 0.15) is 4.75 Å². The summed E-state index contributed by atoms with van der Waals surface area (Å²) in [5.41, 5.74) is 6.83. The molecule has 110 valence electrons. The van der Waals surface area contributed by atoms with E-state index in [1.54, 1.807) is 37.3 Å². The lowest BCUT2D eigenvalue weighted by Gasteiger charge is -2.27. The zero-order valence-corrected chi connectivity index (χ0v) is 13.7. The Kier molecular flexibility index (Phi) is 3.22. The molecule has 1 aromatic carbocycles. The number of nitrogens with zero attached hydrogens (tertiary/aromatic N) is 2. The van der Waals surface area contributed by atoms with E-state index in [9.17, 15) is 8.42 Å². The fourth-order valence-corrected chi connectivity index (χ4v) is 4.90. The fraction of sp³-hybridized carbons (Fsp3) is 0.214. The summed E-state index contributed by atoms with van der Waals surface area (Å²) in [5, 5.41) is 4.76. The molecule has 7 heteroatoms. The maximum atomic E-state index is 13.0. The monoisotopic (exact) mass is 367 g/mol. The van der Waals surface area contributed by atoms with E-state index >= 15 is 0 Å². The van der Waals surface area contributed by atoms with Gasteiger partial charge in [0.25, 0.3) is 10.0 Å². The first kappa shape index (κ1) is 14.3. The largest absolute Gasteiger partial charge is 0.399 e. The van der Waals surface area contributed by atoms with Crippen molar-refractivity contribution < 1.29 is 8.42 Å². The lowest BCUT2D eigenvalue weighted by atomic mass is 10.0. The minimum atomic E-state index is -3.68. The normalized spacial score (nSPS) is 22.5. The average Bonchev–Trinajstić information content (AvgIpc) is 2.81. The van der Waals surface area contributed by atoms with E-state index in [-0.39, 0.29) is 0 Å². The van der Waals surface area contributed by atoms with Gasteiger partial charge >= 0.3 is 0 Å². The van der Waals surface area contributed by atoms with Crippen molar-refractivity contribution in [2.45, 2.75) is 18.1 Å². The third kappa shape index (κ3) is 2.20. The summed E-state index contributed by atoms with van der Waals surface area (Å²) < 4.78 is 26.9. The van der Waals surface area contributed by atoms with Crippen LogP contribution in [0.2, 0.25) is 0 Å². The highest BCUT2D eigenvalue weighted by atomic mass is 79.9. The van der Waals surface area contributed by atoms with Crippen LogP contribution in [0, 0.1) is 0 Å². The van der Waals surface area contributed by atoms with E-state index in [1.165, 1.54) is 6.20 Å². The third-order valence-corrected chi connectivity index (χ3v) is 6.37. The van der Waals surface area contributed by atoms with E-state index in [0.29, 0.717) is 23.0 Å². The van der Waals surface area contributed by atoms with Crippen LogP contribution in [-0.2, 0) is 10.0 Å². The Balaban J connectivity index is 2.17. The summed E-state index contributed by atoms with van der Waals surface area (Å²) in [7, 11) is -3.68. The quantitative estimate of drug-likeness (QED) is 0.827. The van der Waals surface area contributed by atoms with Gasteiger partial charge in [-0.2, -0.15) is 9.19 Å². The lowest BCUT2D eigenvalue weighted by molar-refractivity contribution is 0.547. The summed E-state index contributed by atoms with van der Waals surface area (Å²) in [6.07, 6.45) is 7.18. The van der Waals surface area contributed by atoms with E-state index in [0.717, 1.165) is 8.57 Å². The first-order valence-corrected chi connectivity index (χ1v) is 8.59. The highest BCUT2D eigenvalue weighted by Gasteiger charge is 2.41. The van der Waals surface area contributed by atoms with Crippen molar-refractivity contribution in [2.24, 2.45) is 0 Å². The number of hydrogen-bond donors (Lipinski definition) is 1. The molecule has 0 saturated heterocycles. The first-order chi connectivity index (χ1) is 9.83. The number of fused-ring (bicyclic) bond motifs is 1. The van der Waals surface area contributed by atoms with Crippen LogP contribution in [0.1, 0.15) is 13.3 Å². The summed E-state index contributed by atoms with van der Waals surface area (Å²) in [6, 6.07) is 5.06. The van der Waals surface area contributed by atoms with Gasteiger partial charge in [0.05, 0.1) is 11.7 Å². The van der Waals surface area contributed by atoms with Crippen LogP contribution < -0.4 is 5.73 Å². The molecule has 2 N–H and O–H groups in total. The minimum absolute atomic E-state index is 0.377. The highest BCUT2D eigenvalue weighted by molar-refractivity contribution is 9.11. The second-order valence-electron chi connectivity index (χ2n) is 5.27.